The summed E-state index contributed by atoms with van der Waals surface area (Å²) in [5.41, 5.74) is 0. The maximum absolute atomic E-state index is 11.6. The number of hydrogen-bond donors (Lipinski definition) is 1. The number of cyclic esters (lactones) is 1. The van der Waals surface area contributed by atoms with E-state index in [1.54, 1.807) is 4.90 Å². The lowest BCUT2D eigenvalue weighted by atomic mass is 10.1. The third-order valence-electron chi connectivity index (χ3n) is 3.27. The van der Waals surface area contributed by atoms with E-state index in [4.69, 9.17) is 4.74 Å². The lowest BCUT2D eigenvalue weighted by molar-refractivity contribution is 0.0313. The van der Waals surface area contributed by atoms with E-state index in [9.17, 15) is 9.90 Å². The van der Waals surface area contributed by atoms with Crippen LogP contribution in [0.1, 0.15) is 19.3 Å². The Hall–Kier alpha value is -0.810. The second-order valence-corrected chi connectivity index (χ2v) is 4.28. The summed E-state index contributed by atoms with van der Waals surface area (Å²) in [5, 5.41) is 9.18. The van der Waals surface area contributed by atoms with E-state index < -0.39 is 0 Å². The maximum Gasteiger partial charge on any atom is 0.411 e. The molecule has 0 spiro atoms. The van der Waals surface area contributed by atoms with Crippen LogP contribution in [0.4, 0.5) is 4.79 Å². The lowest BCUT2D eigenvalue weighted by Crippen LogP contribution is -2.53. The van der Waals surface area contributed by atoms with Gasteiger partial charge in [-0.1, -0.05) is 0 Å². The Labute approximate surface area is 89.6 Å². The van der Waals surface area contributed by atoms with Gasteiger partial charge in [-0.2, -0.15) is 0 Å². The molecule has 0 bridgehead atoms. The molecular formula is C10H18N2O3. The van der Waals surface area contributed by atoms with Crippen LogP contribution in [0.25, 0.3) is 0 Å². The summed E-state index contributed by atoms with van der Waals surface area (Å²) in [6.45, 7) is 1.31. The first kappa shape index (κ1) is 10.7. The fourth-order valence-electron chi connectivity index (χ4n) is 2.39. The van der Waals surface area contributed by atoms with Gasteiger partial charge < -0.3 is 9.84 Å². The van der Waals surface area contributed by atoms with Crippen LogP contribution in [0.5, 0.6) is 0 Å². The highest BCUT2D eigenvalue weighted by atomic mass is 16.6. The lowest BCUT2D eigenvalue weighted by Gasteiger charge is -2.39. The minimum atomic E-state index is -0.284. The molecule has 0 aromatic carbocycles. The van der Waals surface area contributed by atoms with Crippen molar-refractivity contribution in [3.8, 4) is 0 Å². The second kappa shape index (κ2) is 4.37. The molecule has 15 heavy (non-hydrogen) atoms. The molecule has 2 rings (SSSR count). The summed E-state index contributed by atoms with van der Waals surface area (Å²) in [6, 6.07) is -0.164. The van der Waals surface area contributed by atoms with Crippen LogP contribution in [0, 0.1) is 0 Å². The van der Waals surface area contributed by atoms with E-state index in [-0.39, 0.29) is 24.9 Å². The second-order valence-electron chi connectivity index (χ2n) is 4.28. The first-order chi connectivity index (χ1) is 7.24. The molecule has 5 heteroatoms. The van der Waals surface area contributed by atoms with Gasteiger partial charge in [0.1, 0.15) is 6.61 Å². The standard InChI is InChI=1S/C10H18N2O3/c1-11-5-3-2-4-9(11)12-8(6-13)7-15-10(12)14/h8-9,13H,2-7H2,1H3. The Morgan fingerprint density at radius 3 is 3.00 bits per heavy atom. The topological polar surface area (TPSA) is 53.0 Å². The molecule has 1 N–H and O–H groups in total. The molecule has 0 radical (unpaired) electrons. The van der Waals surface area contributed by atoms with Crippen LogP contribution in [0.15, 0.2) is 0 Å². The zero-order chi connectivity index (χ0) is 10.8. The van der Waals surface area contributed by atoms with Crippen molar-refractivity contribution in [2.45, 2.75) is 31.5 Å². The summed E-state index contributed by atoms with van der Waals surface area (Å²) in [6.07, 6.45) is 3.11. The monoisotopic (exact) mass is 214 g/mol. The Morgan fingerprint density at radius 1 is 1.53 bits per heavy atom. The van der Waals surface area contributed by atoms with Crippen molar-refractivity contribution in [3.05, 3.63) is 0 Å². The van der Waals surface area contributed by atoms with Crippen LogP contribution >= 0.6 is 0 Å². The van der Waals surface area contributed by atoms with Gasteiger partial charge in [-0.15, -0.1) is 0 Å². The van der Waals surface area contributed by atoms with Crippen molar-refractivity contribution in [2.24, 2.45) is 0 Å². The van der Waals surface area contributed by atoms with Crippen molar-refractivity contribution in [1.29, 1.82) is 0 Å². The Kier molecular flexibility index (Phi) is 3.11. The minimum Gasteiger partial charge on any atom is -0.447 e. The number of rotatable bonds is 2. The normalized spacial score (nSPS) is 33.2. The molecule has 0 saturated carbocycles. The third-order valence-corrected chi connectivity index (χ3v) is 3.27. The first-order valence-corrected chi connectivity index (χ1v) is 5.50. The van der Waals surface area contributed by atoms with Gasteiger partial charge in [-0.05, 0) is 32.9 Å². The largest absolute Gasteiger partial charge is 0.447 e. The summed E-state index contributed by atoms with van der Waals surface area (Å²) in [5.74, 6) is 0. The zero-order valence-corrected chi connectivity index (χ0v) is 9.06. The minimum absolute atomic E-state index is 0.0178. The number of ether oxygens (including phenoxy) is 1. The molecule has 2 fully saturated rings. The number of hydrogen-bond acceptors (Lipinski definition) is 4. The molecule has 86 valence electrons. The number of piperidine rings is 1. The molecule has 2 atom stereocenters. The number of amides is 1. The molecule has 0 aromatic rings. The number of carbonyl (C=O) groups is 1. The Balaban J connectivity index is 2.09. The van der Waals surface area contributed by atoms with Crippen LogP contribution in [0.2, 0.25) is 0 Å². The molecule has 0 aromatic heterocycles. The molecule has 2 heterocycles. The van der Waals surface area contributed by atoms with Gasteiger partial charge in [0.05, 0.1) is 18.8 Å². The molecule has 2 aliphatic rings. The fourth-order valence-corrected chi connectivity index (χ4v) is 2.39. The molecule has 2 saturated heterocycles. The molecule has 2 unspecified atom stereocenters. The first-order valence-electron chi connectivity index (χ1n) is 5.50. The van der Waals surface area contributed by atoms with Crippen LogP contribution in [-0.4, -0.2) is 60.0 Å². The Morgan fingerprint density at radius 2 is 2.33 bits per heavy atom. The van der Waals surface area contributed by atoms with Gasteiger partial charge >= 0.3 is 6.09 Å². The van der Waals surface area contributed by atoms with Crippen molar-refractivity contribution >= 4 is 6.09 Å². The van der Waals surface area contributed by atoms with Gasteiger partial charge in [0, 0.05) is 0 Å². The number of carbonyl (C=O) groups excluding carboxylic acids is 1. The van der Waals surface area contributed by atoms with Crippen LogP contribution in [0.3, 0.4) is 0 Å². The predicted octanol–water partition coefficient (Wildman–Crippen LogP) is 0.241. The van der Waals surface area contributed by atoms with E-state index in [1.165, 1.54) is 6.42 Å². The van der Waals surface area contributed by atoms with Crippen molar-refractivity contribution < 1.29 is 14.6 Å². The quantitative estimate of drug-likeness (QED) is 0.715. The van der Waals surface area contributed by atoms with Gasteiger partial charge in [-0.3, -0.25) is 9.80 Å². The average molecular weight is 214 g/mol. The maximum atomic E-state index is 11.6. The number of nitrogens with zero attached hydrogens (tertiary/aromatic N) is 2. The number of likely N-dealkylation sites (tertiary alicyclic amines) is 1. The zero-order valence-electron chi connectivity index (χ0n) is 9.06. The van der Waals surface area contributed by atoms with Crippen molar-refractivity contribution in [3.63, 3.8) is 0 Å². The van der Waals surface area contributed by atoms with Crippen molar-refractivity contribution in [2.75, 3.05) is 26.8 Å². The van der Waals surface area contributed by atoms with Crippen LogP contribution in [-0.2, 0) is 4.74 Å². The molecule has 2 aliphatic heterocycles. The highest BCUT2D eigenvalue weighted by molar-refractivity contribution is 5.70. The summed E-state index contributed by atoms with van der Waals surface area (Å²) >= 11 is 0. The highest BCUT2D eigenvalue weighted by Gasteiger charge is 2.39. The van der Waals surface area contributed by atoms with Crippen molar-refractivity contribution in [1.82, 2.24) is 9.80 Å². The smallest absolute Gasteiger partial charge is 0.411 e. The predicted molar refractivity (Wildman–Crippen MR) is 54.3 cm³/mol. The van der Waals surface area contributed by atoms with E-state index in [0.717, 1.165) is 19.4 Å². The highest BCUT2D eigenvalue weighted by Crippen LogP contribution is 2.24. The van der Waals surface area contributed by atoms with E-state index in [0.29, 0.717) is 6.61 Å². The van der Waals surface area contributed by atoms with Gasteiger partial charge in [0.15, 0.2) is 0 Å². The molecule has 0 aliphatic carbocycles. The molecular weight excluding hydrogens is 196 g/mol. The van der Waals surface area contributed by atoms with E-state index in [1.807, 2.05) is 7.05 Å². The van der Waals surface area contributed by atoms with E-state index >= 15 is 0 Å². The number of aliphatic hydroxyl groups is 1. The van der Waals surface area contributed by atoms with E-state index in [2.05, 4.69) is 4.90 Å². The molecule has 5 nitrogen and oxygen atoms in total. The fraction of sp³-hybridized carbons (Fsp3) is 0.900. The van der Waals surface area contributed by atoms with Gasteiger partial charge in [-0.25, -0.2) is 4.79 Å². The SMILES string of the molecule is CN1CCCCC1N1C(=O)OCC1CO. The van der Waals surface area contributed by atoms with Gasteiger partial charge in [0.2, 0.25) is 0 Å². The number of aliphatic hydroxyl groups excluding tert-OH is 1. The summed E-state index contributed by atoms with van der Waals surface area (Å²) in [4.78, 5) is 15.4. The average Bonchev–Trinajstić information content (AvgIpc) is 2.60. The molecule has 1 amide bonds. The summed E-state index contributed by atoms with van der Waals surface area (Å²) < 4.78 is 4.97. The third kappa shape index (κ3) is 1.94. The Bertz CT molecular complexity index is 247. The van der Waals surface area contributed by atoms with Gasteiger partial charge in [0.25, 0.3) is 0 Å². The van der Waals surface area contributed by atoms with Crippen LogP contribution < -0.4 is 0 Å². The summed E-state index contributed by atoms with van der Waals surface area (Å²) in [7, 11) is 2.02.